The zero-order chi connectivity index (χ0) is 37.3. The summed E-state index contributed by atoms with van der Waals surface area (Å²) < 4.78 is 10.8. The second-order valence-electron chi connectivity index (χ2n) is 14.8. The Kier molecular flexibility index (Phi) is 13.1. The van der Waals surface area contributed by atoms with Crippen molar-refractivity contribution in [3.05, 3.63) is 101 Å². The summed E-state index contributed by atoms with van der Waals surface area (Å²) in [4.78, 5) is 44.3. The number of aliphatic hydroxyl groups is 3. The normalized spacial score (nSPS) is 19.0. The minimum absolute atomic E-state index is 0.0749. The van der Waals surface area contributed by atoms with E-state index in [9.17, 15) is 24.6 Å². The molecule has 2 aliphatic rings. The molecule has 5 rings (SSSR count). The maximum absolute atomic E-state index is 13.9. The molecule has 1 heterocycles. The van der Waals surface area contributed by atoms with E-state index in [0.717, 1.165) is 22.3 Å². The van der Waals surface area contributed by atoms with Gasteiger partial charge in [0, 0.05) is 31.3 Å². The third-order valence-electron chi connectivity index (χ3n) is 9.77. The van der Waals surface area contributed by atoms with Crippen molar-refractivity contribution in [3.63, 3.8) is 0 Å². The number of aliphatic hydroxyl groups excluding tert-OH is 3. The zero-order valence-electron chi connectivity index (χ0n) is 30.4. The predicted octanol–water partition coefficient (Wildman–Crippen LogP) is 3.73. The molecule has 0 aromatic heterocycles. The number of nitrogens with one attached hydrogen (secondary N) is 1. The number of piperazine rings is 1. The molecule has 4 N–H and O–H groups in total. The predicted molar refractivity (Wildman–Crippen MR) is 194 cm³/mol. The second-order valence-corrected chi connectivity index (χ2v) is 14.8. The number of fused-ring (bicyclic) bond motifs is 1. The van der Waals surface area contributed by atoms with Crippen molar-refractivity contribution < 1.29 is 43.8 Å². The van der Waals surface area contributed by atoms with Gasteiger partial charge < -0.3 is 29.7 Å². The van der Waals surface area contributed by atoms with E-state index in [2.05, 4.69) is 5.43 Å². The lowest BCUT2D eigenvalue weighted by Gasteiger charge is -2.41. The smallest absolute Gasteiger partial charge is 0.491 e. The number of quaternary nitrogens is 1. The van der Waals surface area contributed by atoms with E-state index >= 15 is 0 Å². The summed E-state index contributed by atoms with van der Waals surface area (Å²) in [6, 6.07) is 23.9. The largest absolute Gasteiger partial charge is 0.541 e. The van der Waals surface area contributed by atoms with Gasteiger partial charge in [0.1, 0.15) is 32.1 Å². The summed E-state index contributed by atoms with van der Waals surface area (Å²) in [5.74, 6) is 0.168. The number of nitrogens with zero attached hydrogens (tertiary/aromatic N) is 3. The van der Waals surface area contributed by atoms with Crippen LogP contribution in [0.15, 0.2) is 78.9 Å². The van der Waals surface area contributed by atoms with Gasteiger partial charge in [0.25, 0.3) is 5.91 Å². The van der Waals surface area contributed by atoms with Gasteiger partial charge >= 0.3 is 6.09 Å². The van der Waals surface area contributed by atoms with E-state index in [0.29, 0.717) is 31.8 Å². The van der Waals surface area contributed by atoms with Crippen molar-refractivity contribution in [1.29, 1.82) is 0 Å². The number of carbonyl (C=O) groups excluding carboxylic acids is 3. The first-order valence-electron chi connectivity index (χ1n) is 18.1. The number of amides is 3. The summed E-state index contributed by atoms with van der Waals surface area (Å²) in [6.07, 6.45) is -1.37. The molecule has 0 saturated carbocycles. The van der Waals surface area contributed by atoms with Crippen LogP contribution in [0.1, 0.15) is 61.9 Å². The first-order chi connectivity index (χ1) is 24.9. The molecule has 1 aliphatic carbocycles. The lowest BCUT2D eigenvalue weighted by molar-refractivity contribution is -0.897. The summed E-state index contributed by atoms with van der Waals surface area (Å²) in [7, 11) is 0. The Morgan fingerprint density at radius 1 is 0.962 bits per heavy atom. The van der Waals surface area contributed by atoms with Crippen LogP contribution in [0.2, 0.25) is 0 Å². The van der Waals surface area contributed by atoms with E-state index in [4.69, 9.17) is 14.6 Å². The molecular formula is C40H53N4O8+. The first-order valence-corrected chi connectivity index (χ1v) is 18.1. The van der Waals surface area contributed by atoms with Crippen LogP contribution in [0.4, 0.5) is 4.79 Å². The number of β-amino-alcohol motifs (C(OH)–C–C–N with tert-alkyl or cyclic N) is 1. The van der Waals surface area contributed by atoms with E-state index in [1.54, 1.807) is 37.8 Å². The highest BCUT2D eigenvalue weighted by molar-refractivity contribution is 5.81. The Labute approximate surface area is 306 Å². The van der Waals surface area contributed by atoms with E-state index in [1.807, 2.05) is 71.6 Å². The Balaban J connectivity index is 1.21. The fraction of sp³-hybridized carbons (Fsp3) is 0.475. The number of rotatable bonds is 13. The fourth-order valence-electron chi connectivity index (χ4n) is 6.72. The maximum atomic E-state index is 13.9. The molecular weight excluding hydrogens is 664 g/mol. The maximum Gasteiger partial charge on any atom is 0.541 e. The lowest BCUT2D eigenvalue weighted by Crippen LogP contribution is -2.71. The first kappa shape index (κ1) is 38.9. The summed E-state index contributed by atoms with van der Waals surface area (Å²) >= 11 is 0. The molecule has 3 aromatic rings. The van der Waals surface area contributed by atoms with Crippen LogP contribution in [-0.2, 0) is 33.9 Å². The third kappa shape index (κ3) is 9.96. The molecule has 1 fully saturated rings. The van der Waals surface area contributed by atoms with E-state index in [1.165, 1.54) is 0 Å². The summed E-state index contributed by atoms with van der Waals surface area (Å²) in [5.41, 5.74) is 5.87. The van der Waals surface area contributed by atoms with Gasteiger partial charge in [-0.1, -0.05) is 87.5 Å². The molecule has 12 heteroatoms. The zero-order valence-corrected chi connectivity index (χ0v) is 30.4. The van der Waals surface area contributed by atoms with E-state index in [-0.39, 0.29) is 68.7 Å². The molecule has 0 spiro atoms. The van der Waals surface area contributed by atoms with Crippen LogP contribution in [0.25, 0.3) is 0 Å². The number of ether oxygens (including phenoxy) is 2. The molecule has 280 valence electrons. The van der Waals surface area contributed by atoms with Crippen LogP contribution < -0.4 is 10.2 Å². The standard InChI is InChI=1S/C40H52N4O8/c1-40(2,3)38(49)41-44(39(50)52-28-30-9-5-4-6-10-30)21-19-42(20-22-44)27-32(46)15-18-36(48)43(26-29-13-16-33(17-14-29)51-24-23-45)37-34-12-8-7-11-31(34)25-35(37)47/h4-14,16-17,32,35,37,45-47H,15,18-28H2,1-3H3/p+1/t32-,35+,37?/m0/s1. The molecule has 3 atom stereocenters. The quantitative estimate of drug-likeness (QED) is 0.194. The Bertz CT molecular complexity index is 1640. The van der Waals surface area contributed by atoms with E-state index < -0.39 is 29.8 Å². The van der Waals surface area contributed by atoms with Gasteiger partial charge in [-0.3, -0.25) is 14.5 Å². The van der Waals surface area contributed by atoms with Gasteiger partial charge in [-0.05, 0) is 40.8 Å². The number of hydrogen-bond acceptors (Lipinski definition) is 9. The average molecular weight is 718 g/mol. The summed E-state index contributed by atoms with van der Waals surface area (Å²) in [6.45, 7) is 7.48. The molecule has 3 amide bonds. The molecule has 12 nitrogen and oxygen atoms in total. The molecule has 3 aromatic carbocycles. The van der Waals surface area contributed by atoms with Gasteiger partial charge in [-0.2, -0.15) is 10.2 Å². The van der Waals surface area contributed by atoms with Crippen LogP contribution in [0.3, 0.4) is 0 Å². The minimum Gasteiger partial charge on any atom is -0.491 e. The van der Waals surface area contributed by atoms with Gasteiger partial charge in [-0.25, -0.2) is 0 Å². The monoisotopic (exact) mass is 717 g/mol. The van der Waals surface area contributed by atoms with Crippen molar-refractivity contribution in [3.8, 4) is 5.75 Å². The van der Waals surface area contributed by atoms with Crippen LogP contribution in [0.5, 0.6) is 5.75 Å². The highest BCUT2D eigenvalue weighted by Crippen LogP contribution is 2.37. The van der Waals surface area contributed by atoms with Crippen molar-refractivity contribution in [2.24, 2.45) is 5.41 Å². The third-order valence-corrected chi connectivity index (χ3v) is 9.77. The lowest BCUT2D eigenvalue weighted by atomic mass is 9.96. The number of benzene rings is 3. The van der Waals surface area contributed by atoms with Crippen LogP contribution in [-0.4, -0.2) is 106 Å². The van der Waals surface area contributed by atoms with Crippen molar-refractivity contribution in [2.75, 3.05) is 45.9 Å². The van der Waals surface area contributed by atoms with Crippen molar-refractivity contribution in [1.82, 2.24) is 15.2 Å². The number of carbonyl (C=O) groups is 3. The van der Waals surface area contributed by atoms with Gasteiger partial charge in [0.2, 0.25) is 5.91 Å². The fourth-order valence-corrected chi connectivity index (χ4v) is 6.72. The van der Waals surface area contributed by atoms with Crippen LogP contribution in [0, 0.1) is 5.41 Å². The molecule has 0 radical (unpaired) electrons. The topological polar surface area (TPSA) is 149 Å². The summed E-state index contributed by atoms with van der Waals surface area (Å²) in [5, 5.41) is 31.4. The highest BCUT2D eigenvalue weighted by atomic mass is 16.6. The Morgan fingerprint density at radius 2 is 1.63 bits per heavy atom. The van der Waals surface area contributed by atoms with Crippen molar-refractivity contribution >= 4 is 17.9 Å². The van der Waals surface area contributed by atoms with Gasteiger partial charge in [0.15, 0.2) is 0 Å². The van der Waals surface area contributed by atoms with Crippen LogP contribution >= 0.6 is 0 Å². The molecule has 1 unspecified atom stereocenters. The van der Waals surface area contributed by atoms with Crippen molar-refractivity contribution in [2.45, 2.75) is 71.4 Å². The highest BCUT2D eigenvalue weighted by Gasteiger charge is 2.46. The van der Waals surface area contributed by atoms with Gasteiger partial charge in [0.05, 0.1) is 37.9 Å². The molecule has 1 saturated heterocycles. The molecule has 1 aliphatic heterocycles. The Hall–Kier alpha value is -4.33. The number of hydrogen-bond donors (Lipinski definition) is 4. The average Bonchev–Trinajstić information content (AvgIpc) is 3.47. The Morgan fingerprint density at radius 3 is 2.31 bits per heavy atom. The minimum atomic E-state index is -0.816. The van der Waals surface area contributed by atoms with Gasteiger partial charge in [-0.15, -0.1) is 4.59 Å². The second kappa shape index (κ2) is 17.5. The molecule has 0 bridgehead atoms. The molecule has 52 heavy (non-hydrogen) atoms. The SMILES string of the molecule is CC(C)(C)C(=O)N[N+]1(C(=O)OCc2ccccc2)CCN(C[C@@H](O)CCC(=O)N(Cc2ccc(OCCO)cc2)C2c3ccccc3C[C@H]2O)CC1.